The van der Waals surface area contributed by atoms with Crippen LogP contribution in [0.2, 0.25) is 0 Å². The second-order valence-corrected chi connectivity index (χ2v) is 4.58. The van der Waals surface area contributed by atoms with Gasteiger partial charge >= 0.3 is 0 Å². The summed E-state index contributed by atoms with van der Waals surface area (Å²) in [5.41, 5.74) is 2.72. The zero-order chi connectivity index (χ0) is 15.8. The first-order valence-corrected chi connectivity index (χ1v) is 6.88. The van der Waals surface area contributed by atoms with Crippen LogP contribution in [0.3, 0.4) is 0 Å². The summed E-state index contributed by atoms with van der Waals surface area (Å²) in [5.74, 6) is 1.66. The molecule has 0 radical (unpaired) electrons. The molecule has 0 bridgehead atoms. The third-order valence-electron chi connectivity index (χ3n) is 3.02. The Bertz CT molecular complexity index is 631. The van der Waals surface area contributed by atoms with Crippen molar-refractivity contribution in [1.29, 1.82) is 0 Å². The average Bonchev–Trinajstić information content (AvgIpc) is 2.56. The minimum absolute atomic E-state index is 0.783. The Morgan fingerprint density at radius 2 is 1.36 bits per heavy atom. The Balaban J connectivity index is 1.84. The van der Waals surface area contributed by atoms with E-state index in [1.165, 1.54) is 0 Å². The van der Waals surface area contributed by atoms with Crippen molar-refractivity contribution in [2.24, 2.45) is 0 Å². The van der Waals surface area contributed by atoms with Crippen molar-refractivity contribution in [3.63, 3.8) is 0 Å². The molecule has 0 saturated carbocycles. The van der Waals surface area contributed by atoms with Gasteiger partial charge in [0.15, 0.2) is 0 Å². The topological polar surface area (TPSA) is 42.5 Å². The Kier molecular flexibility index (Phi) is 5.49. The van der Waals surface area contributed by atoms with Gasteiger partial charge in [0.25, 0.3) is 0 Å². The van der Waals surface area contributed by atoms with Gasteiger partial charge in [0.05, 0.1) is 14.2 Å². The Labute approximate surface area is 131 Å². The molecule has 0 amide bonds. The van der Waals surface area contributed by atoms with Gasteiger partial charge in [0.2, 0.25) is 0 Å². The summed E-state index contributed by atoms with van der Waals surface area (Å²) in [5, 5.41) is 6.37. The van der Waals surface area contributed by atoms with Crippen LogP contribution in [0.5, 0.6) is 11.5 Å². The highest BCUT2D eigenvalue weighted by Crippen LogP contribution is 2.17. The fourth-order valence-corrected chi connectivity index (χ4v) is 1.83. The van der Waals surface area contributed by atoms with E-state index in [1.807, 2.05) is 60.8 Å². The maximum absolute atomic E-state index is 5.12. The van der Waals surface area contributed by atoms with Gasteiger partial charge in [-0.2, -0.15) is 0 Å². The number of hydrogen-bond donors (Lipinski definition) is 2. The molecular formula is C18H20N2O2. The lowest BCUT2D eigenvalue weighted by Gasteiger charge is -2.07. The second-order valence-electron chi connectivity index (χ2n) is 4.58. The van der Waals surface area contributed by atoms with Crippen LogP contribution in [-0.2, 0) is 0 Å². The molecule has 0 saturated heterocycles. The molecule has 0 fully saturated rings. The molecule has 2 aromatic carbocycles. The number of methoxy groups -OCH3 is 2. The van der Waals surface area contributed by atoms with E-state index >= 15 is 0 Å². The molecule has 0 aliphatic rings. The van der Waals surface area contributed by atoms with Gasteiger partial charge in [-0.15, -0.1) is 0 Å². The largest absolute Gasteiger partial charge is 0.497 e. The highest BCUT2D eigenvalue weighted by atomic mass is 16.5. The van der Waals surface area contributed by atoms with E-state index in [4.69, 9.17) is 9.47 Å². The van der Waals surface area contributed by atoms with Crippen LogP contribution in [0.15, 0.2) is 73.1 Å². The van der Waals surface area contributed by atoms with E-state index < -0.39 is 0 Å². The number of hydrogen-bond acceptors (Lipinski definition) is 4. The number of nitrogens with one attached hydrogen (secondary N) is 2. The van der Waals surface area contributed by atoms with Crippen molar-refractivity contribution in [1.82, 2.24) is 0 Å². The Morgan fingerprint density at radius 1 is 0.864 bits per heavy atom. The van der Waals surface area contributed by atoms with E-state index in [0.717, 1.165) is 28.6 Å². The Hall–Kier alpha value is -2.88. The molecule has 0 aliphatic carbocycles. The summed E-state index contributed by atoms with van der Waals surface area (Å²) >= 11 is 0. The van der Waals surface area contributed by atoms with E-state index in [1.54, 1.807) is 14.2 Å². The fraction of sp³-hybridized carbons (Fsp3) is 0.111. The first-order chi connectivity index (χ1) is 10.7. The van der Waals surface area contributed by atoms with Crippen molar-refractivity contribution >= 4 is 11.4 Å². The third-order valence-corrected chi connectivity index (χ3v) is 3.02. The number of benzene rings is 2. The highest BCUT2D eigenvalue weighted by molar-refractivity contribution is 5.53. The van der Waals surface area contributed by atoms with Crippen molar-refractivity contribution in [3.8, 4) is 11.5 Å². The zero-order valence-corrected chi connectivity index (χ0v) is 12.8. The van der Waals surface area contributed by atoms with E-state index in [2.05, 4.69) is 17.2 Å². The fourth-order valence-electron chi connectivity index (χ4n) is 1.83. The standard InChI is InChI=1S/C18H20N2O2/c1-14(20-16-6-10-18(22-3)11-7-16)12-13-19-15-4-8-17(21-2)9-5-15/h4-13,19-20H,1H2,2-3H3/b13-12+. The third kappa shape index (κ3) is 4.59. The molecule has 4 nitrogen and oxygen atoms in total. The Morgan fingerprint density at radius 3 is 1.86 bits per heavy atom. The van der Waals surface area contributed by atoms with Crippen LogP contribution in [0.1, 0.15) is 0 Å². The van der Waals surface area contributed by atoms with E-state index in [-0.39, 0.29) is 0 Å². The summed E-state index contributed by atoms with van der Waals surface area (Å²) in [7, 11) is 3.30. The lowest BCUT2D eigenvalue weighted by Crippen LogP contribution is -1.96. The summed E-state index contributed by atoms with van der Waals surface area (Å²) < 4.78 is 10.2. The maximum Gasteiger partial charge on any atom is 0.119 e. The molecule has 0 atom stereocenters. The van der Waals surface area contributed by atoms with Crippen LogP contribution < -0.4 is 20.1 Å². The maximum atomic E-state index is 5.12. The summed E-state index contributed by atoms with van der Waals surface area (Å²) in [6, 6.07) is 15.4. The quantitative estimate of drug-likeness (QED) is 0.749. The van der Waals surface area contributed by atoms with Gasteiger partial charge in [-0.1, -0.05) is 6.58 Å². The predicted molar refractivity (Wildman–Crippen MR) is 91.5 cm³/mol. The molecule has 114 valence electrons. The molecule has 2 N–H and O–H groups in total. The number of rotatable bonds is 7. The lowest BCUT2D eigenvalue weighted by atomic mass is 10.3. The minimum atomic E-state index is 0.783. The van der Waals surface area contributed by atoms with Crippen molar-refractivity contribution in [2.75, 3.05) is 24.9 Å². The van der Waals surface area contributed by atoms with Crippen LogP contribution in [0.25, 0.3) is 0 Å². The molecule has 0 unspecified atom stereocenters. The van der Waals surface area contributed by atoms with Gasteiger partial charge in [-0.05, 0) is 54.6 Å². The predicted octanol–water partition coefficient (Wildman–Crippen LogP) is 4.26. The van der Waals surface area contributed by atoms with Gasteiger partial charge in [-0.25, -0.2) is 0 Å². The van der Waals surface area contributed by atoms with Crippen LogP contribution in [0, 0.1) is 0 Å². The molecule has 0 aromatic heterocycles. The first kappa shape index (κ1) is 15.5. The van der Waals surface area contributed by atoms with E-state index in [9.17, 15) is 0 Å². The van der Waals surface area contributed by atoms with Crippen LogP contribution in [-0.4, -0.2) is 14.2 Å². The van der Waals surface area contributed by atoms with Gasteiger partial charge < -0.3 is 20.1 Å². The monoisotopic (exact) mass is 296 g/mol. The van der Waals surface area contributed by atoms with Crippen LogP contribution in [0.4, 0.5) is 11.4 Å². The summed E-state index contributed by atoms with van der Waals surface area (Å²) in [6.45, 7) is 3.96. The highest BCUT2D eigenvalue weighted by Gasteiger charge is 1.95. The SMILES string of the molecule is C=C(/C=C/Nc1ccc(OC)cc1)Nc1ccc(OC)cc1. The van der Waals surface area contributed by atoms with Gasteiger partial charge in [-0.3, -0.25) is 0 Å². The van der Waals surface area contributed by atoms with Crippen molar-refractivity contribution in [2.45, 2.75) is 0 Å². The van der Waals surface area contributed by atoms with E-state index in [0.29, 0.717) is 0 Å². The van der Waals surface area contributed by atoms with Gasteiger partial charge in [0, 0.05) is 23.3 Å². The number of ether oxygens (including phenoxy) is 2. The normalized spacial score (nSPS) is 10.3. The molecule has 2 aromatic rings. The number of anilines is 2. The second kappa shape index (κ2) is 7.78. The number of allylic oxidation sites excluding steroid dienone is 1. The average molecular weight is 296 g/mol. The van der Waals surface area contributed by atoms with Gasteiger partial charge in [0.1, 0.15) is 11.5 Å². The molecule has 22 heavy (non-hydrogen) atoms. The summed E-state index contributed by atoms with van der Waals surface area (Å²) in [4.78, 5) is 0. The molecule has 4 heteroatoms. The molecule has 0 aliphatic heterocycles. The first-order valence-electron chi connectivity index (χ1n) is 6.88. The smallest absolute Gasteiger partial charge is 0.119 e. The zero-order valence-electron chi connectivity index (χ0n) is 12.8. The molecule has 2 rings (SSSR count). The van der Waals surface area contributed by atoms with Crippen molar-refractivity contribution < 1.29 is 9.47 Å². The molecule has 0 heterocycles. The molecular weight excluding hydrogens is 276 g/mol. The molecule has 0 spiro atoms. The van der Waals surface area contributed by atoms with Crippen molar-refractivity contribution in [3.05, 3.63) is 73.1 Å². The lowest BCUT2D eigenvalue weighted by molar-refractivity contribution is 0.415. The summed E-state index contributed by atoms with van der Waals surface area (Å²) in [6.07, 6.45) is 3.70. The minimum Gasteiger partial charge on any atom is -0.497 e. The van der Waals surface area contributed by atoms with Crippen LogP contribution >= 0.6 is 0 Å².